The van der Waals surface area contributed by atoms with E-state index in [4.69, 9.17) is 0 Å². The number of hydrogen-bond acceptors (Lipinski definition) is 3. The Hall–Kier alpha value is -3.12. The highest BCUT2D eigenvalue weighted by Gasteiger charge is 2.28. The third-order valence-electron chi connectivity index (χ3n) is 4.72. The molecule has 0 aliphatic carbocycles. The van der Waals surface area contributed by atoms with Crippen molar-refractivity contribution in [2.75, 3.05) is 5.32 Å². The molecule has 6 heteroatoms. The summed E-state index contributed by atoms with van der Waals surface area (Å²) in [5.41, 5.74) is 0.573. The van der Waals surface area contributed by atoms with Crippen LogP contribution in [-0.2, 0) is 17.4 Å². The van der Waals surface area contributed by atoms with E-state index >= 15 is 0 Å². The number of hydrogen-bond donors (Lipinski definition) is 2. The summed E-state index contributed by atoms with van der Waals surface area (Å²) in [6, 6.07) is 18.2. The molecule has 2 aromatic carbocycles. The Labute approximate surface area is 157 Å². The minimum absolute atomic E-state index is 0.157. The number of anilines is 1. The number of amides is 1. The molecule has 0 aliphatic heterocycles. The molecular formula is C21H23N3O3. The van der Waals surface area contributed by atoms with Crippen molar-refractivity contribution < 1.29 is 9.90 Å². The molecule has 1 aromatic heterocycles. The van der Waals surface area contributed by atoms with Crippen molar-refractivity contribution in [1.29, 1.82) is 0 Å². The molecule has 0 aliphatic rings. The zero-order chi connectivity index (χ0) is 19.6. The summed E-state index contributed by atoms with van der Waals surface area (Å²) in [6.07, 6.45) is -0.157. The minimum Gasteiger partial charge on any atom is -0.385 e. The highest BCUT2D eigenvalue weighted by Crippen LogP contribution is 2.25. The molecule has 0 bridgehead atoms. The molecule has 6 nitrogen and oxygen atoms in total. The van der Waals surface area contributed by atoms with Crippen LogP contribution in [-0.4, -0.2) is 20.4 Å². The smallest absolute Gasteiger partial charge is 0.295 e. The summed E-state index contributed by atoms with van der Waals surface area (Å²) in [5.74, 6) is -0.421. The number of aromatic nitrogens is 2. The zero-order valence-corrected chi connectivity index (χ0v) is 15.6. The Bertz CT molecular complexity index is 1000. The van der Waals surface area contributed by atoms with Crippen LogP contribution in [0.25, 0.3) is 5.69 Å². The van der Waals surface area contributed by atoms with Crippen LogP contribution in [0.2, 0.25) is 0 Å². The van der Waals surface area contributed by atoms with E-state index in [2.05, 4.69) is 5.32 Å². The summed E-state index contributed by atoms with van der Waals surface area (Å²) < 4.78 is 3.20. The molecule has 1 atom stereocenters. The minimum atomic E-state index is -1.33. The SMILES string of the molecule is Cc1c(NC(=O)C[C@](C)(O)c2ccccc2)c(=O)n(-c2ccccc2)n1C. The second kappa shape index (κ2) is 7.25. The normalized spacial score (nSPS) is 13.2. The number of rotatable bonds is 5. The number of aliphatic hydroxyl groups is 1. The van der Waals surface area contributed by atoms with Crippen LogP contribution in [0, 0.1) is 6.92 Å². The van der Waals surface area contributed by atoms with Gasteiger partial charge in [0.25, 0.3) is 5.56 Å². The predicted octanol–water partition coefficient (Wildman–Crippen LogP) is 2.72. The van der Waals surface area contributed by atoms with E-state index in [0.717, 1.165) is 0 Å². The summed E-state index contributed by atoms with van der Waals surface area (Å²) in [6.45, 7) is 3.35. The molecule has 3 rings (SSSR count). The number of carbonyl (C=O) groups excluding carboxylic acids is 1. The van der Waals surface area contributed by atoms with Gasteiger partial charge in [0, 0.05) is 7.05 Å². The summed E-state index contributed by atoms with van der Waals surface area (Å²) in [4.78, 5) is 25.4. The number of nitrogens with one attached hydrogen (secondary N) is 1. The van der Waals surface area contributed by atoms with E-state index in [1.165, 1.54) is 4.68 Å². The van der Waals surface area contributed by atoms with Crippen LogP contribution in [0.5, 0.6) is 0 Å². The first-order valence-corrected chi connectivity index (χ1v) is 8.73. The molecule has 2 N–H and O–H groups in total. The molecule has 0 saturated carbocycles. The monoisotopic (exact) mass is 365 g/mol. The highest BCUT2D eigenvalue weighted by molar-refractivity contribution is 5.92. The molecule has 3 aromatic rings. The van der Waals surface area contributed by atoms with E-state index in [1.54, 1.807) is 37.7 Å². The van der Waals surface area contributed by atoms with Crippen LogP contribution in [0.3, 0.4) is 0 Å². The highest BCUT2D eigenvalue weighted by atomic mass is 16.3. The van der Waals surface area contributed by atoms with Crippen LogP contribution < -0.4 is 10.9 Å². The van der Waals surface area contributed by atoms with Gasteiger partial charge in [-0.3, -0.25) is 14.3 Å². The van der Waals surface area contributed by atoms with E-state index in [9.17, 15) is 14.7 Å². The molecule has 140 valence electrons. The van der Waals surface area contributed by atoms with Crippen molar-refractivity contribution in [1.82, 2.24) is 9.36 Å². The van der Waals surface area contributed by atoms with E-state index in [0.29, 0.717) is 16.9 Å². The van der Waals surface area contributed by atoms with Gasteiger partial charge < -0.3 is 10.4 Å². The Morgan fingerprint density at radius 1 is 1.07 bits per heavy atom. The van der Waals surface area contributed by atoms with Gasteiger partial charge in [-0.2, -0.15) is 0 Å². The predicted molar refractivity (Wildman–Crippen MR) is 105 cm³/mol. The molecule has 1 amide bonds. The largest absolute Gasteiger partial charge is 0.385 e. The molecule has 0 saturated heterocycles. The molecule has 0 fully saturated rings. The molecular weight excluding hydrogens is 342 g/mol. The van der Waals surface area contributed by atoms with E-state index < -0.39 is 11.5 Å². The maximum absolute atomic E-state index is 12.8. The van der Waals surface area contributed by atoms with Crippen LogP contribution in [0.4, 0.5) is 5.69 Å². The lowest BCUT2D eigenvalue weighted by molar-refractivity contribution is -0.120. The van der Waals surface area contributed by atoms with Gasteiger partial charge in [-0.05, 0) is 31.5 Å². The second-order valence-electron chi connectivity index (χ2n) is 6.80. The van der Waals surface area contributed by atoms with Crippen molar-refractivity contribution in [2.45, 2.75) is 25.9 Å². The van der Waals surface area contributed by atoms with E-state index in [-0.39, 0.29) is 17.7 Å². The van der Waals surface area contributed by atoms with Crippen molar-refractivity contribution in [3.63, 3.8) is 0 Å². The van der Waals surface area contributed by atoms with Crippen LogP contribution in [0.1, 0.15) is 24.6 Å². The maximum Gasteiger partial charge on any atom is 0.295 e. The fraction of sp³-hybridized carbons (Fsp3) is 0.238. The average molecular weight is 365 g/mol. The Morgan fingerprint density at radius 3 is 2.22 bits per heavy atom. The van der Waals surface area contributed by atoms with Gasteiger partial charge in [-0.15, -0.1) is 0 Å². The first kappa shape index (κ1) is 18.7. The lowest BCUT2D eigenvalue weighted by Gasteiger charge is -2.23. The average Bonchev–Trinajstić information content (AvgIpc) is 2.86. The zero-order valence-electron chi connectivity index (χ0n) is 15.6. The van der Waals surface area contributed by atoms with Gasteiger partial charge in [0.1, 0.15) is 5.69 Å². The van der Waals surface area contributed by atoms with Gasteiger partial charge in [0.05, 0.1) is 23.4 Å². The van der Waals surface area contributed by atoms with Crippen molar-refractivity contribution in [3.8, 4) is 5.69 Å². The number of carbonyl (C=O) groups is 1. The standard InChI is InChI=1S/C21H23N3O3/c1-15-19(20(26)24(23(15)3)17-12-8-5-9-13-17)22-18(25)14-21(2,27)16-10-6-4-7-11-16/h4-13,27H,14H2,1-3H3,(H,22,25)/t21-/m0/s1. The van der Waals surface area contributed by atoms with Crippen LogP contribution >= 0.6 is 0 Å². The van der Waals surface area contributed by atoms with Gasteiger partial charge >= 0.3 is 0 Å². The summed E-state index contributed by atoms with van der Waals surface area (Å²) >= 11 is 0. The fourth-order valence-electron chi connectivity index (χ4n) is 3.11. The molecule has 1 heterocycles. The Morgan fingerprint density at radius 2 is 1.63 bits per heavy atom. The fourth-order valence-corrected chi connectivity index (χ4v) is 3.11. The lowest BCUT2D eigenvalue weighted by Crippen LogP contribution is -2.30. The maximum atomic E-state index is 12.8. The Kier molecular flexibility index (Phi) is 5.01. The third-order valence-corrected chi connectivity index (χ3v) is 4.72. The first-order chi connectivity index (χ1) is 12.8. The number of para-hydroxylation sites is 1. The van der Waals surface area contributed by atoms with Crippen molar-refractivity contribution in [3.05, 3.63) is 82.3 Å². The first-order valence-electron chi connectivity index (χ1n) is 8.73. The van der Waals surface area contributed by atoms with Crippen molar-refractivity contribution in [2.24, 2.45) is 7.05 Å². The van der Waals surface area contributed by atoms with E-state index in [1.807, 2.05) is 48.5 Å². The van der Waals surface area contributed by atoms with Gasteiger partial charge in [0.15, 0.2) is 0 Å². The molecule has 0 radical (unpaired) electrons. The number of nitrogens with zero attached hydrogens (tertiary/aromatic N) is 2. The molecule has 27 heavy (non-hydrogen) atoms. The third kappa shape index (κ3) is 3.71. The lowest BCUT2D eigenvalue weighted by atomic mass is 9.92. The molecule has 0 unspecified atom stereocenters. The quantitative estimate of drug-likeness (QED) is 0.730. The van der Waals surface area contributed by atoms with Gasteiger partial charge in [-0.25, -0.2) is 4.68 Å². The van der Waals surface area contributed by atoms with Crippen LogP contribution in [0.15, 0.2) is 65.5 Å². The van der Waals surface area contributed by atoms with Crippen molar-refractivity contribution >= 4 is 11.6 Å². The second-order valence-corrected chi connectivity index (χ2v) is 6.80. The summed E-state index contributed by atoms with van der Waals surface area (Å²) in [7, 11) is 1.76. The molecule has 0 spiro atoms. The van der Waals surface area contributed by atoms with Gasteiger partial charge in [-0.1, -0.05) is 48.5 Å². The summed E-state index contributed by atoms with van der Waals surface area (Å²) in [5, 5.41) is 13.3. The van der Waals surface area contributed by atoms with Gasteiger partial charge in [0.2, 0.25) is 5.91 Å². The number of benzene rings is 2. The topological polar surface area (TPSA) is 76.3 Å². The Balaban J connectivity index is 1.86.